The lowest BCUT2D eigenvalue weighted by molar-refractivity contribution is -0.139. The maximum Gasteiger partial charge on any atom is 0.407 e. The number of hydrogen-bond acceptors (Lipinski definition) is 8. The van der Waals surface area contributed by atoms with Crippen molar-refractivity contribution in [2.75, 3.05) is 37.9 Å². The Hall–Kier alpha value is -5.34. The number of nitrogens with one attached hydrogen (secondary N) is 4. The number of carbonyl (C=O) groups is 6. The zero-order chi connectivity index (χ0) is 37.9. The summed E-state index contributed by atoms with van der Waals surface area (Å²) in [5.41, 5.74) is 2.83. The summed E-state index contributed by atoms with van der Waals surface area (Å²) < 4.78 is 11.4. The van der Waals surface area contributed by atoms with E-state index < -0.39 is 36.4 Å². The zero-order valence-corrected chi connectivity index (χ0v) is 30.8. The Labute approximate surface area is 302 Å². The fourth-order valence-corrected chi connectivity index (χ4v) is 7.17. The number of alkyl carbamates (subject to hydrolysis) is 2. The van der Waals surface area contributed by atoms with E-state index in [-0.39, 0.29) is 35.5 Å². The van der Waals surface area contributed by atoms with Crippen molar-refractivity contribution < 1.29 is 38.2 Å². The number of benzene rings is 2. The molecule has 2 aliphatic rings. The summed E-state index contributed by atoms with van der Waals surface area (Å²) >= 11 is 0. The molecule has 0 aliphatic carbocycles. The summed E-state index contributed by atoms with van der Waals surface area (Å²) in [6, 6.07) is 8.21. The van der Waals surface area contributed by atoms with Crippen LogP contribution < -0.4 is 21.3 Å². The Morgan fingerprint density at radius 1 is 0.654 bits per heavy atom. The van der Waals surface area contributed by atoms with Gasteiger partial charge in [0.2, 0.25) is 23.6 Å². The van der Waals surface area contributed by atoms with Crippen molar-refractivity contribution in [2.45, 2.75) is 77.5 Å². The van der Waals surface area contributed by atoms with Crippen LogP contribution in [0.1, 0.15) is 53.4 Å². The second-order valence-electron chi connectivity index (χ2n) is 14.1. The Bertz CT molecular complexity index is 1740. The van der Waals surface area contributed by atoms with Crippen LogP contribution >= 0.6 is 0 Å². The van der Waals surface area contributed by atoms with Crippen molar-refractivity contribution in [1.29, 1.82) is 0 Å². The van der Waals surface area contributed by atoms with Crippen LogP contribution in [0.3, 0.4) is 0 Å². The molecule has 15 heteroatoms. The van der Waals surface area contributed by atoms with Crippen LogP contribution in [-0.2, 0) is 35.7 Å². The monoisotopic (exact) mass is 719 g/mol. The van der Waals surface area contributed by atoms with Gasteiger partial charge in [-0.25, -0.2) is 9.59 Å². The molecular weight excluding hydrogens is 670 g/mol. The molecule has 0 unspecified atom stereocenters. The van der Waals surface area contributed by atoms with E-state index in [2.05, 4.69) is 21.3 Å². The number of rotatable bonds is 10. The molecule has 2 aromatic carbocycles. The first kappa shape index (κ1) is 37.9. The minimum absolute atomic E-state index is 0.209. The summed E-state index contributed by atoms with van der Waals surface area (Å²) in [5.74, 6) is -1.69. The summed E-state index contributed by atoms with van der Waals surface area (Å²) in [4.78, 5) is 80.8. The number of aromatic nitrogens is 1. The average Bonchev–Trinajstić information content (AvgIpc) is 3.87. The standard InChI is InChI=1S/C37H49N7O8/c1-20(2)30(40-36(49)51-6)34(47)43-16-8-10-26(43)32(45)38-22-12-14-24-25-15-13-23(19-29(25)42(5)28(24)18-22)39-33(46)27-11-9-17-44(27)35(48)31(21(3)4)41-37(50)52-7/h12-15,18-21,26-27,30-31H,8-11,16-17H2,1-7H3,(H,38,45)(H,39,46)(H,40,49)(H,41,50)/t26-,27-,30-,31-/m0/s1. The van der Waals surface area contributed by atoms with Gasteiger partial charge in [0.15, 0.2) is 0 Å². The van der Waals surface area contributed by atoms with Crippen molar-refractivity contribution >= 4 is 69.0 Å². The van der Waals surface area contributed by atoms with Gasteiger partial charge >= 0.3 is 12.2 Å². The molecule has 3 aromatic rings. The van der Waals surface area contributed by atoms with Crippen molar-refractivity contribution in [1.82, 2.24) is 25.0 Å². The first-order chi connectivity index (χ1) is 24.7. The quantitative estimate of drug-likeness (QED) is 0.243. The molecule has 6 amide bonds. The molecule has 0 spiro atoms. The molecule has 15 nitrogen and oxygen atoms in total. The molecule has 4 atom stereocenters. The normalized spacial score (nSPS) is 18.4. The molecule has 5 rings (SSSR count). The first-order valence-corrected chi connectivity index (χ1v) is 17.7. The lowest BCUT2D eigenvalue weighted by atomic mass is 10.0. The largest absolute Gasteiger partial charge is 0.453 e. The molecule has 0 bridgehead atoms. The Balaban J connectivity index is 1.30. The van der Waals surface area contributed by atoms with Gasteiger partial charge in [0.25, 0.3) is 0 Å². The number of anilines is 2. The van der Waals surface area contributed by atoms with Gasteiger partial charge in [0.05, 0.1) is 25.3 Å². The third kappa shape index (κ3) is 7.77. The fraction of sp³-hybridized carbons (Fsp3) is 0.514. The lowest BCUT2D eigenvalue weighted by Crippen LogP contribution is -2.54. The summed E-state index contributed by atoms with van der Waals surface area (Å²) in [7, 11) is 4.37. The third-order valence-corrected chi connectivity index (χ3v) is 10.0. The predicted molar refractivity (Wildman–Crippen MR) is 195 cm³/mol. The number of ether oxygens (including phenoxy) is 2. The van der Waals surface area contributed by atoms with E-state index in [0.717, 1.165) is 21.8 Å². The van der Waals surface area contributed by atoms with Gasteiger partial charge in [0, 0.05) is 42.3 Å². The van der Waals surface area contributed by atoms with Gasteiger partial charge in [-0.2, -0.15) is 0 Å². The number of carbonyl (C=O) groups excluding carboxylic acids is 6. The smallest absolute Gasteiger partial charge is 0.407 e. The number of methoxy groups -OCH3 is 2. The highest BCUT2D eigenvalue weighted by molar-refractivity contribution is 6.11. The van der Waals surface area contributed by atoms with Gasteiger partial charge in [-0.05, 0) is 61.8 Å². The molecule has 3 heterocycles. The van der Waals surface area contributed by atoms with Crippen LogP contribution in [0, 0.1) is 11.8 Å². The molecule has 0 saturated carbocycles. The van der Waals surface area contributed by atoms with E-state index in [9.17, 15) is 28.8 Å². The molecule has 4 N–H and O–H groups in total. The molecule has 280 valence electrons. The van der Waals surface area contributed by atoms with Gasteiger partial charge in [0.1, 0.15) is 24.2 Å². The van der Waals surface area contributed by atoms with E-state index in [1.165, 1.54) is 24.0 Å². The highest BCUT2D eigenvalue weighted by Crippen LogP contribution is 2.33. The SMILES string of the molecule is COC(=O)N[C@H](C(=O)N1CCC[C@H]1C(=O)Nc1ccc2c3ccc(NC(=O)[C@@H]4CCCN4C(=O)[C@@H](NC(=O)OC)C(C)C)cc3n(C)c2c1)C(C)C. The maximum atomic E-state index is 13.5. The number of amides is 6. The summed E-state index contributed by atoms with van der Waals surface area (Å²) in [6.45, 7) is 8.10. The maximum absolute atomic E-state index is 13.5. The van der Waals surface area contributed by atoms with Crippen molar-refractivity contribution in [3.63, 3.8) is 0 Å². The Morgan fingerprint density at radius 3 is 1.38 bits per heavy atom. The molecule has 52 heavy (non-hydrogen) atoms. The van der Waals surface area contributed by atoms with Crippen LogP contribution in [0.4, 0.5) is 21.0 Å². The van der Waals surface area contributed by atoms with E-state index in [1.807, 2.05) is 75.7 Å². The fourth-order valence-electron chi connectivity index (χ4n) is 7.17. The molecule has 2 fully saturated rings. The Kier molecular flexibility index (Phi) is 11.6. The van der Waals surface area contributed by atoms with Gasteiger partial charge in [-0.3, -0.25) is 19.2 Å². The van der Waals surface area contributed by atoms with E-state index in [4.69, 9.17) is 9.47 Å². The second-order valence-corrected chi connectivity index (χ2v) is 14.1. The number of aryl methyl sites for hydroxylation is 1. The second kappa shape index (κ2) is 15.9. The molecule has 1 aromatic heterocycles. The zero-order valence-electron chi connectivity index (χ0n) is 30.8. The first-order valence-electron chi connectivity index (χ1n) is 17.7. The van der Waals surface area contributed by atoms with E-state index in [1.54, 1.807) is 0 Å². The molecule has 0 radical (unpaired) electrons. The van der Waals surface area contributed by atoms with Crippen molar-refractivity contribution in [2.24, 2.45) is 18.9 Å². The minimum atomic E-state index is -0.824. The van der Waals surface area contributed by atoms with Gasteiger partial charge in [-0.15, -0.1) is 0 Å². The number of nitrogens with zero attached hydrogens (tertiary/aromatic N) is 3. The van der Waals surface area contributed by atoms with E-state index >= 15 is 0 Å². The van der Waals surface area contributed by atoms with Gasteiger partial charge in [-0.1, -0.05) is 39.8 Å². The summed E-state index contributed by atoms with van der Waals surface area (Å²) in [5, 5.41) is 13.1. The topological polar surface area (TPSA) is 180 Å². The molecule has 2 aliphatic heterocycles. The highest BCUT2D eigenvalue weighted by Gasteiger charge is 2.40. The van der Waals surface area contributed by atoms with Crippen LogP contribution in [0.5, 0.6) is 0 Å². The average molecular weight is 720 g/mol. The molecule has 2 saturated heterocycles. The van der Waals surface area contributed by atoms with Gasteiger partial charge < -0.3 is 45.1 Å². The van der Waals surface area contributed by atoms with Crippen LogP contribution in [-0.4, -0.2) is 102 Å². The van der Waals surface area contributed by atoms with Crippen molar-refractivity contribution in [3.05, 3.63) is 36.4 Å². The van der Waals surface area contributed by atoms with E-state index in [0.29, 0.717) is 50.1 Å². The van der Waals surface area contributed by atoms with Crippen LogP contribution in [0.2, 0.25) is 0 Å². The minimum Gasteiger partial charge on any atom is -0.453 e. The third-order valence-electron chi connectivity index (χ3n) is 10.0. The predicted octanol–water partition coefficient (Wildman–Crippen LogP) is 3.95. The summed E-state index contributed by atoms with van der Waals surface area (Å²) in [6.07, 6.45) is 0.913. The Morgan fingerprint density at radius 2 is 1.04 bits per heavy atom. The number of likely N-dealkylation sites (tertiary alicyclic amines) is 2. The molecular formula is C37H49N7O8. The number of hydrogen-bond donors (Lipinski definition) is 4. The van der Waals surface area contributed by atoms with Crippen LogP contribution in [0.25, 0.3) is 21.8 Å². The van der Waals surface area contributed by atoms with Crippen molar-refractivity contribution in [3.8, 4) is 0 Å². The highest BCUT2D eigenvalue weighted by atomic mass is 16.5. The number of fused-ring (bicyclic) bond motifs is 3. The van der Waals surface area contributed by atoms with Crippen LogP contribution in [0.15, 0.2) is 36.4 Å². The lowest BCUT2D eigenvalue weighted by Gasteiger charge is -2.30.